The SMILES string of the molecule is CCCn1c(NCc2cccc(C)c2)nc2cc(C(=O)N3CCNCC3)ccc21. The van der Waals surface area contributed by atoms with E-state index in [9.17, 15) is 4.79 Å². The first kappa shape index (κ1) is 19.5. The summed E-state index contributed by atoms with van der Waals surface area (Å²) in [6.45, 7) is 9.09. The van der Waals surface area contributed by atoms with E-state index in [4.69, 9.17) is 4.98 Å². The lowest BCUT2D eigenvalue weighted by Crippen LogP contribution is -2.46. The van der Waals surface area contributed by atoms with Crippen molar-refractivity contribution < 1.29 is 4.79 Å². The molecule has 1 aliphatic heterocycles. The van der Waals surface area contributed by atoms with Crippen LogP contribution in [0.15, 0.2) is 42.5 Å². The van der Waals surface area contributed by atoms with Gasteiger partial charge in [-0.15, -0.1) is 0 Å². The summed E-state index contributed by atoms with van der Waals surface area (Å²) < 4.78 is 2.21. The molecule has 6 heteroatoms. The van der Waals surface area contributed by atoms with Gasteiger partial charge >= 0.3 is 0 Å². The molecule has 0 unspecified atom stereocenters. The van der Waals surface area contributed by atoms with Gasteiger partial charge in [0.05, 0.1) is 11.0 Å². The molecule has 1 fully saturated rings. The molecule has 0 saturated carbocycles. The van der Waals surface area contributed by atoms with Crippen molar-refractivity contribution in [1.29, 1.82) is 0 Å². The number of rotatable bonds is 6. The van der Waals surface area contributed by atoms with Crippen LogP contribution in [0.1, 0.15) is 34.8 Å². The zero-order valence-electron chi connectivity index (χ0n) is 17.2. The van der Waals surface area contributed by atoms with Crippen LogP contribution in [0, 0.1) is 6.92 Å². The van der Waals surface area contributed by atoms with E-state index in [0.717, 1.165) is 62.7 Å². The molecule has 29 heavy (non-hydrogen) atoms. The molecular weight excluding hydrogens is 362 g/mol. The highest BCUT2D eigenvalue weighted by Gasteiger charge is 2.19. The molecule has 1 aromatic heterocycles. The van der Waals surface area contributed by atoms with E-state index in [0.29, 0.717) is 5.56 Å². The minimum Gasteiger partial charge on any atom is -0.352 e. The standard InChI is InChI=1S/C23H29N5O/c1-3-11-28-21-8-7-19(22(29)27-12-9-24-10-13-27)15-20(21)26-23(28)25-16-18-6-4-5-17(2)14-18/h4-8,14-15,24H,3,9-13,16H2,1-2H3,(H,25,26). The molecule has 2 N–H and O–H groups in total. The van der Waals surface area contributed by atoms with Gasteiger partial charge in [0.2, 0.25) is 5.95 Å². The van der Waals surface area contributed by atoms with Crippen molar-refractivity contribution in [3.05, 3.63) is 59.2 Å². The highest BCUT2D eigenvalue weighted by atomic mass is 16.2. The summed E-state index contributed by atoms with van der Waals surface area (Å²) in [5, 5.41) is 6.78. The number of amides is 1. The van der Waals surface area contributed by atoms with Gasteiger partial charge in [-0.3, -0.25) is 4.79 Å². The zero-order valence-corrected chi connectivity index (χ0v) is 17.2. The molecule has 0 bridgehead atoms. The number of aryl methyl sites for hydroxylation is 2. The number of imidazole rings is 1. The lowest BCUT2D eigenvalue weighted by atomic mass is 10.1. The number of fused-ring (bicyclic) bond motifs is 1. The molecule has 6 nitrogen and oxygen atoms in total. The van der Waals surface area contributed by atoms with Crippen LogP contribution < -0.4 is 10.6 Å². The lowest BCUT2D eigenvalue weighted by molar-refractivity contribution is 0.0736. The van der Waals surface area contributed by atoms with Gasteiger partial charge in [0.1, 0.15) is 0 Å². The molecule has 2 aromatic carbocycles. The van der Waals surface area contributed by atoms with Crippen molar-refractivity contribution in [3.8, 4) is 0 Å². The number of benzene rings is 2. The van der Waals surface area contributed by atoms with E-state index in [2.05, 4.69) is 53.3 Å². The third-order valence-electron chi connectivity index (χ3n) is 5.38. The number of carbonyl (C=O) groups is 1. The fourth-order valence-electron chi connectivity index (χ4n) is 3.90. The van der Waals surface area contributed by atoms with Gasteiger partial charge in [-0.25, -0.2) is 4.98 Å². The van der Waals surface area contributed by atoms with Crippen molar-refractivity contribution in [3.63, 3.8) is 0 Å². The predicted octanol–water partition coefficient (Wildman–Crippen LogP) is 3.41. The molecule has 0 radical (unpaired) electrons. The van der Waals surface area contributed by atoms with Gasteiger partial charge in [0.25, 0.3) is 5.91 Å². The Kier molecular flexibility index (Phi) is 5.81. The molecule has 0 spiro atoms. The molecule has 152 valence electrons. The Hall–Kier alpha value is -2.86. The average molecular weight is 392 g/mol. The normalized spacial score (nSPS) is 14.3. The van der Waals surface area contributed by atoms with E-state index in [1.54, 1.807) is 0 Å². The van der Waals surface area contributed by atoms with Crippen LogP contribution in [0.2, 0.25) is 0 Å². The van der Waals surface area contributed by atoms with Crippen LogP contribution in [0.3, 0.4) is 0 Å². The summed E-state index contributed by atoms with van der Waals surface area (Å²) in [6, 6.07) is 14.4. The van der Waals surface area contributed by atoms with E-state index in [1.165, 1.54) is 11.1 Å². The van der Waals surface area contributed by atoms with Gasteiger partial charge in [0.15, 0.2) is 0 Å². The van der Waals surface area contributed by atoms with Crippen LogP contribution in [-0.2, 0) is 13.1 Å². The molecule has 2 heterocycles. The molecular formula is C23H29N5O. The van der Waals surface area contributed by atoms with E-state index < -0.39 is 0 Å². The van der Waals surface area contributed by atoms with Gasteiger partial charge in [0, 0.05) is 44.8 Å². The minimum atomic E-state index is 0.0905. The first-order valence-corrected chi connectivity index (χ1v) is 10.5. The Labute approximate surface area is 171 Å². The van der Waals surface area contributed by atoms with Gasteiger partial charge in [-0.05, 0) is 37.1 Å². The molecule has 1 aliphatic rings. The van der Waals surface area contributed by atoms with Gasteiger partial charge in [-0.2, -0.15) is 0 Å². The second-order valence-electron chi connectivity index (χ2n) is 7.68. The van der Waals surface area contributed by atoms with Gasteiger partial charge < -0.3 is 20.1 Å². The monoisotopic (exact) mass is 391 g/mol. The average Bonchev–Trinajstić information content (AvgIpc) is 3.09. The summed E-state index contributed by atoms with van der Waals surface area (Å²) in [7, 11) is 0. The number of hydrogen-bond donors (Lipinski definition) is 2. The Morgan fingerprint density at radius 1 is 1.17 bits per heavy atom. The summed E-state index contributed by atoms with van der Waals surface area (Å²) in [5.74, 6) is 0.947. The summed E-state index contributed by atoms with van der Waals surface area (Å²) in [5.41, 5.74) is 5.13. The van der Waals surface area contributed by atoms with Crippen LogP contribution in [0.4, 0.5) is 5.95 Å². The molecule has 4 rings (SSSR count). The number of piperazine rings is 1. The Balaban J connectivity index is 1.60. The maximum Gasteiger partial charge on any atom is 0.254 e. The summed E-state index contributed by atoms with van der Waals surface area (Å²) in [4.78, 5) is 19.6. The number of nitrogens with zero attached hydrogens (tertiary/aromatic N) is 3. The fraction of sp³-hybridized carbons (Fsp3) is 0.391. The van der Waals surface area contributed by atoms with Crippen LogP contribution in [0.25, 0.3) is 11.0 Å². The smallest absolute Gasteiger partial charge is 0.254 e. The van der Waals surface area contributed by atoms with Crippen molar-refractivity contribution >= 4 is 22.9 Å². The number of carbonyl (C=O) groups excluding carboxylic acids is 1. The number of anilines is 1. The first-order valence-electron chi connectivity index (χ1n) is 10.5. The van der Waals surface area contributed by atoms with Crippen molar-refractivity contribution in [2.75, 3.05) is 31.5 Å². The molecule has 3 aromatic rings. The highest BCUT2D eigenvalue weighted by Crippen LogP contribution is 2.23. The minimum absolute atomic E-state index is 0.0905. The second kappa shape index (κ2) is 8.66. The zero-order chi connectivity index (χ0) is 20.2. The molecule has 0 aliphatic carbocycles. The van der Waals surface area contributed by atoms with E-state index >= 15 is 0 Å². The van der Waals surface area contributed by atoms with Crippen LogP contribution in [-0.4, -0.2) is 46.5 Å². The third-order valence-corrected chi connectivity index (χ3v) is 5.38. The topological polar surface area (TPSA) is 62.2 Å². The first-order chi connectivity index (χ1) is 14.2. The van der Waals surface area contributed by atoms with Crippen LogP contribution in [0.5, 0.6) is 0 Å². The van der Waals surface area contributed by atoms with Crippen molar-refractivity contribution in [2.45, 2.75) is 33.4 Å². The Morgan fingerprint density at radius 2 is 2.00 bits per heavy atom. The fourth-order valence-corrected chi connectivity index (χ4v) is 3.90. The number of aromatic nitrogens is 2. The Bertz CT molecular complexity index is 1000. The second-order valence-corrected chi connectivity index (χ2v) is 7.68. The van der Waals surface area contributed by atoms with E-state index in [-0.39, 0.29) is 5.91 Å². The maximum absolute atomic E-state index is 12.9. The summed E-state index contributed by atoms with van der Waals surface area (Å²) >= 11 is 0. The Morgan fingerprint density at radius 3 is 2.76 bits per heavy atom. The number of hydrogen-bond acceptors (Lipinski definition) is 4. The quantitative estimate of drug-likeness (QED) is 0.676. The predicted molar refractivity (Wildman–Crippen MR) is 117 cm³/mol. The maximum atomic E-state index is 12.9. The van der Waals surface area contributed by atoms with Crippen molar-refractivity contribution in [1.82, 2.24) is 19.8 Å². The van der Waals surface area contributed by atoms with Crippen molar-refractivity contribution in [2.24, 2.45) is 0 Å². The molecule has 1 amide bonds. The van der Waals surface area contributed by atoms with Crippen LogP contribution >= 0.6 is 0 Å². The largest absolute Gasteiger partial charge is 0.352 e. The number of nitrogens with one attached hydrogen (secondary N) is 2. The molecule has 1 saturated heterocycles. The summed E-state index contributed by atoms with van der Waals surface area (Å²) in [6.07, 6.45) is 1.02. The third kappa shape index (κ3) is 4.27. The lowest BCUT2D eigenvalue weighted by Gasteiger charge is -2.27. The van der Waals surface area contributed by atoms with Gasteiger partial charge in [-0.1, -0.05) is 36.8 Å². The van der Waals surface area contributed by atoms with E-state index in [1.807, 2.05) is 23.1 Å². The molecule has 0 atom stereocenters. The highest BCUT2D eigenvalue weighted by molar-refractivity contribution is 5.97.